The number of anilines is 2. The molecule has 1 unspecified atom stereocenters. The molecule has 0 radical (unpaired) electrons. The molecule has 1 fully saturated rings. The summed E-state index contributed by atoms with van der Waals surface area (Å²) >= 11 is 1.63. The van der Waals surface area contributed by atoms with Crippen LogP contribution in [0.5, 0.6) is 0 Å². The fourth-order valence-electron chi connectivity index (χ4n) is 3.88. The van der Waals surface area contributed by atoms with Gasteiger partial charge < -0.3 is 15.1 Å². The van der Waals surface area contributed by atoms with Crippen LogP contribution in [0.25, 0.3) is 0 Å². The lowest BCUT2D eigenvalue weighted by molar-refractivity contribution is -0.133. The molecule has 6 heteroatoms. The second-order valence-corrected chi connectivity index (χ2v) is 7.72. The number of carbonyl (C=O) groups excluding carboxylic acids is 1. The van der Waals surface area contributed by atoms with Crippen molar-refractivity contribution in [3.63, 3.8) is 0 Å². The standard InChI is InChI=1S/C19H24N4OS/c1-14(23-12-6-15-4-2-3-5-17(15)23)18(24)22-10-7-16(8-11-22)21-19-20-9-13-25-19/h2-5,9,13-14,16H,6-8,10-12H2,1H3,(H,20,21). The predicted octanol–water partition coefficient (Wildman–Crippen LogP) is 3.00. The van der Waals surface area contributed by atoms with Gasteiger partial charge in [-0.1, -0.05) is 18.2 Å². The van der Waals surface area contributed by atoms with Gasteiger partial charge in [-0.3, -0.25) is 4.79 Å². The van der Waals surface area contributed by atoms with E-state index in [1.54, 1.807) is 11.3 Å². The summed E-state index contributed by atoms with van der Waals surface area (Å²) in [6.45, 7) is 4.63. The number of thiazole rings is 1. The predicted molar refractivity (Wildman–Crippen MR) is 102 cm³/mol. The van der Waals surface area contributed by atoms with Gasteiger partial charge in [0.1, 0.15) is 6.04 Å². The molecule has 0 aliphatic carbocycles. The van der Waals surface area contributed by atoms with Gasteiger partial charge in [-0.2, -0.15) is 0 Å². The number of benzene rings is 1. The van der Waals surface area contributed by atoms with Crippen LogP contribution in [0.1, 0.15) is 25.3 Å². The molecule has 1 aromatic heterocycles. The van der Waals surface area contributed by atoms with Crippen molar-refractivity contribution in [3.8, 4) is 0 Å². The number of amides is 1. The van der Waals surface area contributed by atoms with E-state index in [4.69, 9.17) is 0 Å². The Balaban J connectivity index is 1.34. The molecule has 5 nitrogen and oxygen atoms in total. The lowest BCUT2D eigenvalue weighted by Gasteiger charge is -2.36. The molecule has 0 bridgehead atoms. The number of carbonyl (C=O) groups is 1. The topological polar surface area (TPSA) is 48.5 Å². The summed E-state index contributed by atoms with van der Waals surface area (Å²) in [5.41, 5.74) is 2.58. The maximum absolute atomic E-state index is 13.0. The Morgan fingerprint density at radius 2 is 2.08 bits per heavy atom. The number of hydrogen-bond acceptors (Lipinski definition) is 5. The van der Waals surface area contributed by atoms with Gasteiger partial charge in [0.05, 0.1) is 0 Å². The number of hydrogen-bond donors (Lipinski definition) is 1. The van der Waals surface area contributed by atoms with Crippen LogP contribution < -0.4 is 10.2 Å². The zero-order valence-corrected chi connectivity index (χ0v) is 15.3. The highest BCUT2D eigenvalue weighted by molar-refractivity contribution is 7.13. The van der Waals surface area contributed by atoms with E-state index >= 15 is 0 Å². The van der Waals surface area contributed by atoms with Gasteiger partial charge >= 0.3 is 0 Å². The summed E-state index contributed by atoms with van der Waals surface area (Å²) in [5.74, 6) is 0.254. The Morgan fingerprint density at radius 3 is 2.84 bits per heavy atom. The highest BCUT2D eigenvalue weighted by atomic mass is 32.1. The van der Waals surface area contributed by atoms with Crippen LogP contribution in [0.3, 0.4) is 0 Å². The number of nitrogens with one attached hydrogen (secondary N) is 1. The van der Waals surface area contributed by atoms with Gasteiger partial charge in [-0.25, -0.2) is 4.98 Å². The summed E-state index contributed by atoms with van der Waals surface area (Å²) in [6.07, 6.45) is 4.82. The maximum Gasteiger partial charge on any atom is 0.244 e. The van der Waals surface area contributed by atoms with Crippen LogP contribution in [0.4, 0.5) is 10.8 Å². The highest BCUT2D eigenvalue weighted by Crippen LogP contribution is 2.30. The maximum atomic E-state index is 13.0. The van der Waals surface area contributed by atoms with E-state index < -0.39 is 0 Å². The first-order valence-electron chi connectivity index (χ1n) is 9.02. The number of aromatic nitrogens is 1. The van der Waals surface area contributed by atoms with E-state index in [2.05, 4.69) is 39.5 Å². The molecule has 1 atom stereocenters. The SMILES string of the molecule is CC(C(=O)N1CCC(Nc2nccs2)CC1)N1CCc2ccccc21. The summed E-state index contributed by atoms with van der Waals surface area (Å²) in [5, 5.41) is 6.44. The third-order valence-electron chi connectivity index (χ3n) is 5.31. The Hall–Kier alpha value is -2.08. The first-order chi connectivity index (χ1) is 12.2. The van der Waals surface area contributed by atoms with Gasteiger partial charge in [-0.05, 0) is 37.8 Å². The average molecular weight is 356 g/mol. The smallest absolute Gasteiger partial charge is 0.244 e. The number of para-hydroxylation sites is 1. The number of piperidine rings is 1. The zero-order valence-electron chi connectivity index (χ0n) is 14.5. The van der Waals surface area contributed by atoms with E-state index in [9.17, 15) is 4.79 Å². The molecule has 2 aliphatic rings. The molecule has 2 aliphatic heterocycles. The molecule has 1 saturated heterocycles. The summed E-state index contributed by atoms with van der Waals surface area (Å²) in [4.78, 5) is 21.6. The quantitative estimate of drug-likeness (QED) is 0.915. The Bertz CT molecular complexity index is 725. The van der Waals surface area contributed by atoms with Crippen molar-refractivity contribution in [2.24, 2.45) is 0 Å². The van der Waals surface area contributed by atoms with Crippen LogP contribution in [0, 0.1) is 0 Å². The van der Waals surface area contributed by atoms with Crippen LogP contribution in [-0.2, 0) is 11.2 Å². The Labute approximate surface area is 152 Å². The largest absolute Gasteiger partial charge is 0.359 e. The lowest BCUT2D eigenvalue weighted by atomic mass is 10.0. The van der Waals surface area contributed by atoms with E-state index in [-0.39, 0.29) is 11.9 Å². The number of rotatable bonds is 4. The third kappa shape index (κ3) is 3.35. The van der Waals surface area contributed by atoms with Crippen molar-refractivity contribution in [1.82, 2.24) is 9.88 Å². The minimum atomic E-state index is -0.0906. The first kappa shape index (κ1) is 16.4. The second kappa shape index (κ2) is 7.04. The Morgan fingerprint density at radius 1 is 1.28 bits per heavy atom. The van der Waals surface area contributed by atoms with Crippen LogP contribution in [0.15, 0.2) is 35.8 Å². The number of likely N-dealkylation sites (tertiary alicyclic amines) is 1. The zero-order chi connectivity index (χ0) is 17.2. The van der Waals surface area contributed by atoms with Crippen molar-refractivity contribution >= 4 is 28.1 Å². The van der Waals surface area contributed by atoms with Crippen molar-refractivity contribution in [2.45, 2.75) is 38.3 Å². The monoisotopic (exact) mass is 356 g/mol. The Kier molecular flexibility index (Phi) is 4.61. The average Bonchev–Trinajstić information content (AvgIpc) is 3.31. The number of fused-ring (bicyclic) bond motifs is 1. The van der Waals surface area contributed by atoms with Gasteiger partial charge in [0.25, 0.3) is 0 Å². The molecular formula is C19H24N4OS. The van der Waals surface area contributed by atoms with Crippen LogP contribution >= 0.6 is 11.3 Å². The van der Waals surface area contributed by atoms with Gasteiger partial charge in [0.2, 0.25) is 5.91 Å². The summed E-state index contributed by atoms with van der Waals surface area (Å²) < 4.78 is 0. The molecule has 1 N–H and O–H groups in total. The molecule has 0 saturated carbocycles. The van der Waals surface area contributed by atoms with Gasteiger partial charge in [-0.15, -0.1) is 11.3 Å². The lowest BCUT2D eigenvalue weighted by Crippen LogP contribution is -2.50. The van der Waals surface area contributed by atoms with Crippen molar-refractivity contribution < 1.29 is 4.79 Å². The fraction of sp³-hybridized carbons (Fsp3) is 0.474. The summed E-state index contributed by atoms with van der Waals surface area (Å²) in [6, 6.07) is 8.77. The normalized spacial score (nSPS) is 18.9. The van der Waals surface area contributed by atoms with Crippen molar-refractivity contribution in [1.29, 1.82) is 0 Å². The third-order valence-corrected chi connectivity index (χ3v) is 6.02. The highest BCUT2D eigenvalue weighted by Gasteiger charge is 2.32. The van der Waals surface area contributed by atoms with Gasteiger partial charge in [0.15, 0.2) is 5.13 Å². The molecule has 3 heterocycles. The van der Waals surface area contributed by atoms with E-state index in [0.717, 1.165) is 44.0 Å². The van der Waals surface area contributed by atoms with Crippen molar-refractivity contribution in [2.75, 3.05) is 29.9 Å². The van der Waals surface area contributed by atoms with E-state index in [1.165, 1.54) is 11.3 Å². The van der Waals surface area contributed by atoms with E-state index in [0.29, 0.717) is 6.04 Å². The van der Waals surface area contributed by atoms with E-state index in [1.807, 2.05) is 23.4 Å². The van der Waals surface area contributed by atoms with Crippen molar-refractivity contribution in [3.05, 3.63) is 41.4 Å². The van der Waals surface area contributed by atoms with Gasteiger partial charge in [0, 0.05) is 42.9 Å². The van der Waals surface area contributed by atoms with Crippen LogP contribution in [0.2, 0.25) is 0 Å². The first-order valence-corrected chi connectivity index (χ1v) is 9.89. The molecule has 2 aromatic rings. The molecule has 25 heavy (non-hydrogen) atoms. The minimum Gasteiger partial charge on any atom is -0.359 e. The fourth-order valence-corrected chi connectivity index (χ4v) is 4.48. The second-order valence-electron chi connectivity index (χ2n) is 6.83. The molecule has 1 amide bonds. The molecule has 1 aromatic carbocycles. The summed E-state index contributed by atoms with van der Waals surface area (Å²) in [7, 11) is 0. The minimum absolute atomic E-state index is 0.0906. The molecular weight excluding hydrogens is 332 g/mol. The van der Waals surface area contributed by atoms with Crippen LogP contribution in [-0.4, -0.2) is 47.5 Å². The molecule has 4 rings (SSSR count). The molecule has 132 valence electrons. The number of nitrogens with zero attached hydrogens (tertiary/aromatic N) is 3. The molecule has 0 spiro atoms.